The molecule has 9 rings (SSSR count). The van der Waals surface area contributed by atoms with Crippen LogP contribution in [0, 0.1) is 24.2 Å². The number of benzene rings is 1. The van der Waals surface area contributed by atoms with Crippen LogP contribution < -0.4 is 20.7 Å². The number of likely N-dealkylation sites (tertiary alicyclic amines) is 1. The number of β-amino-alcohol motifs (C(OH)–C–C–N with tert-alkyl or cyclic N) is 1. The molecule has 2 amide bonds. The van der Waals surface area contributed by atoms with Gasteiger partial charge in [0.2, 0.25) is 29.5 Å². The lowest BCUT2D eigenvalue weighted by Crippen LogP contribution is -2.50. The highest BCUT2D eigenvalue weighted by atomic mass is 32.1. The van der Waals surface area contributed by atoms with E-state index in [-0.39, 0.29) is 43.5 Å². The van der Waals surface area contributed by atoms with E-state index in [1.807, 2.05) is 58.9 Å². The van der Waals surface area contributed by atoms with Gasteiger partial charge in [0, 0.05) is 48.7 Å². The molecule has 2 fully saturated rings. The molecule has 2 saturated heterocycles. The van der Waals surface area contributed by atoms with Gasteiger partial charge in [-0.1, -0.05) is 53.6 Å². The number of aromatic nitrogens is 8. The number of anilines is 2. The van der Waals surface area contributed by atoms with Gasteiger partial charge < -0.3 is 45.2 Å². The van der Waals surface area contributed by atoms with Gasteiger partial charge in [-0.3, -0.25) is 9.59 Å². The molecular formula is C51H64N14O6S2. The highest BCUT2D eigenvalue weighted by molar-refractivity contribution is 7.16. The molecule has 386 valence electrons. The molecule has 6 aromatic rings. The zero-order valence-electron chi connectivity index (χ0n) is 42.1. The largest absolute Gasteiger partial charge is 0.472 e. The Bertz CT molecular complexity index is 2930. The summed E-state index contributed by atoms with van der Waals surface area (Å²) in [5.74, 6) is 0.658. The van der Waals surface area contributed by atoms with E-state index in [4.69, 9.17) is 25.0 Å². The number of fused-ring (bicyclic) bond motifs is 1. The second kappa shape index (κ2) is 22.0. The number of nitrogens with two attached hydrogens (primary N) is 1. The fourth-order valence-corrected chi connectivity index (χ4v) is 12.7. The number of nitriles is 1. The van der Waals surface area contributed by atoms with E-state index in [1.54, 1.807) is 35.3 Å². The number of carbonyl (C=O) groups is 2. The summed E-state index contributed by atoms with van der Waals surface area (Å²) >= 11 is 3.02. The molecule has 22 heteroatoms. The van der Waals surface area contributed by atoms with Gasteiger partial charge >= 0.3 is 0 Å². The number of hydrogen-bond acceptors (Lipinski definition) is 19. The third-order valence-electron chi connectivity index (χ3n) is 14.5. The maximum Gasteiger partial charge on any atom is 0.253 e. The number of thiophene rings is 1. The predicted octanol–water partition coefficient (Wildman–Crippen LogP) is 5.86. The van der Waals surface area contributed by atoms with Gasteiger partial charge in [0.15, 0.2) is 0 Å². The first-order valence-electron chi connectivity index (χ1n) is 25.1. The standard InChI is InChI=1S/C51H64N14O6S2/c1-29(2)43(48(69)64-25-35(67)22-39(64)47(68)56-38(27-66)33-12-14-34(15-13-33)44-32(5)55-28-72-44)65-26-41(59-61-65)70-31(4)10-8-19-62-20-9-21-63(30(3)24-62)50-54-18-16-37(57-50)46-58-49(71-60-46)51(6)17-7-11-40-42(51)36(23-52)45(53)73-40/h12-16,18,26,28-31,35,38-39,43,66-67H,7-11,17,19-22,24-25,27,53H2,1-6H3,(H,56,68)/t30-,31?,35+,38-,39-,43-,51-/m0/s1. The van der Waals surface area contributed by atoms with Crippen LogP contribution in [0.25, 0.3) is 22.0 Å². The number of hydrogen-bond donors (Lipinski definition) is 4. The quantitative estimate of drug-likeness (QED) is 0.0833. The van der Waals surface area contributed by atoms with Crippen LogP contribution >= 0.6 is 22.7 Å². The van der Waals surface area contributed by atoms with Crippen LogP contribution in [0.2, 0.25) is 0 Å². The number of ether oxygens (including phenoxy) is 1. The number of nitrogen functional groups attached to an aromatic ring is 1. The Hall–Kier alpha value is -6.38. The molecule has 1 unspecified atom stereocenters. The highest BCUT2D eigenvalue weighted by Gasteiger charge is 2.45. The molecule has 0 saturated carbocycles. The van der Waals surface area contributed by atoms with Crippen molar-refractivity contribution >= 4 is 45.4 Å². The molecule has 0 radical (unpaired) electrons. The molecule has 20 nitrogen and oxygen atoms in total. The van der Waals surface area contributed by atoms with Crippen molar-refractivity contribution in [3.63, 3.8) is 0 Å². The summed E-state index contributed by atoms with van der Waals surface area (Å²) in [4.78, 5) is 55.2. The first-order chi connectivity index (χ1) is 35.1. The number of aliphatic hydroxyl groups excluding tert-OH is 2. The number of aryl methyl sites for hydroxylation is 2. The molecule has 7 atom stereocenters. The molecule has 0 bridgehead atoms. The Balaban J connectivity index is 0.767. The predicted molar refractivity (Wildman–Crippen MR) is 276 cm³/mol. The van der Waals surface area contributed by atoms with E-state index in [0.717, 1.165) is 91.3 Å². The van der Waals surface area contributed by atoms with Gasteiger partial charge in [-0.15, -0.1) is 22.7 Å². The first-order valence-corrected chi connectivity index (χ1v) is 26.8. The average Bonchev–Trinajstić information content (AvgIpc) is 4.23. The van der Waals surface area contributed by atoms with Crippen molar-refractivity contribution in [3.05, 3.63) is 81.4 Å². The maximum atomic E-state index is 14.3. The average molecular weight is 1030 g/mol. The van der Waals surface area contributed by atoms with E-state index in [9.17, 15) is 25.1 Å². The lowest BCUT2D eigenvalue weighted by Gasteiger charge is -2.30. The molecule has 1 aromatic carbocycles. The van der Waals surface area contributed by atoms with Crippen LogP contribution in [-0.4, -0.2) is 136 Å². The van der Waals surface area contributed by atoms with Crippen LogP contribution in [0.4, 0.5) is 10.9 Å². The Kier molecular flexibility index (Phi) is 15.5. The smallest absolute Gasteiger partial charge is 0.253 e. The second-order valence-electron chi connectivity index (χ2n) is 20.1. The molecule has 5 N–H and O–H groups in total. The summed E-state index contributed by atoms with van der Waals surface area (Å²) in [6, 6.07) is 9.35. The SMILES string of the molecule is Cc1ncsc1-c1ccc([C@H](CO)NC(=O)[C@@H]2C[C@@H](O)CN2C(=O)[C@H](C(C)C)n2cc(OC(C)CCCN3CCCN(c4nccc(-c5noc([C@@]6(C)CCCc7sc(N)c(C#N)c76)n5)n4)[C@@H](C)C3)nn2)cc1. The van der Waals surface area contributed by atoms with Crippen LogP contribution in [0.5, 0.6) is 5.88 Å². The number of rotatable bonds is 17. The van der Waals surface area contributed by atoms with E-state index < -0.39 is 35.6 Å². The van der Waals surface area contributed by atoms with Crippen molar-refractivity contribution < 1.29 is 29.1 Å². The Labute approximate surface area is 432 Å². The summed E-state index contributed by atoms with van der Waals surface area (Å²) < 4.78 is 13.6. The van der Waals surface area contributed by atoms with Gasteiger partial charge in [-0.05, 0) is 102 Å². The van der Waals surface area contributed by atoms with Crippen LogP contribution in [0.3, 0.4) is 0 Å². The van der Waals surface area contributed by atoms with Crippen LogP contribution in [-0.2, 0) is 21.4 Å². The fourth-order valence-electron chi connectivity index (χ4n) is 10.7. The zero-order valence-corrected chi connectivity index (χ0v) is 43.8. The number of amides is 2. The summed E-state index contributed by atoms with van der Waals surface area (Å²) in [5, 5.41) is 47.4. The molecule has 3 aliphatic rings. The lowest BCUT2D eigenvalue weighted by atomic mass is 9.72. The first kappa shape index (κ1) is 51.5. The van der Waals surface area contributed by atoms with Gasteiger partial charge in [-0.25, -0.2) is 19.6 Å². The van der Waals surface area contributed by atoms with Crippen molar-refractivity contribution in [2.45, 2.75) is 128 Å². The summed E-state index contributed by atoms with van der Waals surface area (Å²) in [5.41, 5.74) is 12.0. The molecule has 0 spiro atoms. The highest BCUT2D eigenvalue weighted by Crippen LogP contribution is 2.48. The number of nitrogens with one attached hydrogen (secondary N) is 1. The maximum absolute atomic E-state index is 14.3. The molecular weight excluding hydrogens is 969 g/mol. The van der Waals surface area contributed by atoms with Crippen molar-refractivity contribution in [1.29, 1.82) is 5.26 Å². The minimum absolute atomic E-state index is 0.0141. The fraction of sp³-hybridized carbons (Fsp3) is 0.529. The second-order valence-corrected chi connectivity index (χ2v) is 22.1. The van der Waals surface area contributed by atoms with Crippen molar-refractivity contribution in [1.82, 2.24) is 55.2 Å². The minimum Gasteiger partial charge on any atom is -0.472 e. The number of thiazole rings is 1. The van der Waals surface area contributed by atoms with Gasteiger partial charge in [-0.2, -0.15) is 10.2 Å². The zero-order chi connectivity index (χ0) is 51.6. The van der Waals surface area contributed by atoms with E-state index in [2.05, 4.69) is 53.5 Å². The van der Waals surface area contributed by atoms with E-state index in [0.29, 0.717) is 45.4 Å². The Morgan fingerprint density at radius 3 is 2.66 bits per heavy atom. The third-order valence-corrected chi connectivity index (χ3v) is 16.5. The molecule has 7 heterocycles. The monoisotopic (exact) mass is 1030 g/mol. The molecule has 73 heavy (non-hydrogen) atoms. The topological polar surface area (TPSA) is 264 Å². The molecule has 1 aliphatic carbocycles. The van der Waals surface area contributed by atoms with E-state index in [1.165, 1.54) is 20.9 Å². The normalized spacial score (nSPS) is 21.6. The Morgan fingerprint density at radius 1 is 1.11 bits per heavy atom. The van der Waals surface area contributed by atoms with Crippen molar-refractivity contribution in [2.24, 2.45) is 5.92 Å². The van der Waals surface area contributed by atoms with Gasteiger partial charge in [0.25, 0.3) is 5.88 Å². The molecule has 5 aromatic heterocycles. The minimum atomic E-state index is -0.948. The van der Waals surface area contributed by atoms with Gasteiger partial charge in [0.05, 0.1) is 58.1 Å². The summed E-state index contributed by atoms with van der Waals surface area (Å²) in [6.07, 6.45) is 7.47. The van der Waals surface area contributed by atoms with Crippen LogP contribution in [0.1, 0.15) is 118 Å². The summed E-state index contributed by atoms with van der Waals surface area (Å²) in [7, 11) is 0. The van der Waals surface area contributed by atoms with Crippen LogP contribution in [0.15, 0.2) is 52.8 Å². The number of aliphatic hydroxyl groups is 2. The molecule has 2 aliphatic heterocycles. The lowest BCUT2D eigenvalue weighted by molar-refractivity contribution is -0.142. The number of carbonyl (C=O) groups excluding carboxylic acids is 2. The van der Waals surface area contributed by atoms with Crippen molar-refractivity contribution in [3.8, 4) is 33.9 Å². The van der Waals surface area contributed by atoms with E-state index >= 15 is 0 Å². The third kappa shape index (κ3) is 10.8. The van der Waals surface area contributed by atoms with Crippen molar-refractivity contribution in [2.75, 3.05) is 50.0 Å². The summed E-state index contributed by atoms with van der Waals surface area (Å²) in [6.45, 7) is 15.0. The number of nitrogens with zero attached hydrogens (tertiary/aromatic N) is 12. The van der Waals surface area contributed by atoms with Gasteiger partial charge in [0.1, 0.15) is 28.8 Å². The Morgan fingerprint density at radius 2 is 1.92 bits per heavy atom.